The summed E-state index contributed by atoms with van der Waals surface area (Å²) in [4.78, 5) is 10.5. The number of nitrogens with two attached hydrogens (primary N) is 1. The molecule has 0 aromatic heterocycles. The lowest BCUT2D eigenvalue weighted by Crippen LogP contribution is -2.33. The molecule has 0 amide bonds. The zero-order chi connectivity index (χ0) is 14.8. The SMILES string of the molecule is CC/C=C/C1C(N)[C@H]1C1CCC2CC(CN=O)CCC2C1. The number of rotatable bonds is 5. The quantitative estimate of drug-likeness (QED) is 0.611. The summed E-state index contributed by atoms with van der Waals surface area (Å²) in [7, 11) is 0. The Bertz CT molecular complexity index is 395. The molecule has 3 aliphatic rings. The van der Waals surface area contributed by atoms with E-state index in [1.165, 1.54) is 38.5 Å². The lowest BCUT2D eigenvalue weighted by atomic mass is 9.64. The van der Waals surface area contributed by atoms with Crippen LogP contribution in [0.2, 0.25) is 0 Å². The van der Waals surface area contributed by atoms with E-state index in [1.54, 1.807) is 0 Å². The minimum atomic E-state index is 0.421. The lowest BCUT2D eigenvalue weighted by molar-refractivity contribution is 0.0912. The summed E-state index contributed by atoms with van der Waals surface area (Å²) in [5.41, 5.74) is 6.31. The Morgan fingerprint density at radius 1 is 1.10 bits per heavy atom. The monoisotopic (exact) mass is 290 g/mol. The molecule has 118 valence electrons. The van der Waals surface area contributed by atoms with Gasteiger partial charge in [-0.2, -0.15) is 4.91 Å². The maximum Gasteiger partial charge on any atom is 0.0839 e. The summed E-state index contributed by atoms with van der Waals surface area (Å²) in [6.45, 7) is 2.74. The van der Waals surface area contributed by atoms with E-state index in [-0.39, 0.29) is 0 Å². The highest BCUT2D eigenvalue weighted by atomic mass is 16.3. The number of allylic oxidation sites excluding steroid dienone is 1. The molecule has 6 unspecified atom stereocenters. The number of nitrogens with zero attached hydrogens (tertiary/aromatic N) is 1. The van der Waals surface area contributed by atoms with Crippen molar-refractivity contribution in [2.24, 2.45) is 46.4 Å². The van der Waals surface area contributed by atoms with Gasteiger partial charge in [0, 0.05) is 6.04 Å². The van der Waals surface area contributed by atoms with Gasteiger partial charge in [-0.05, 0) is 80.5 Å². The molecule has 3 fully saturated rings. The van der Waals surface area contributed by atoms with Gasteiger partial charge in [0.2, 0.25) is 0 Å². The van der Waals surface area contributed by atoms with Crippen molar-refractivity contribution in [3.05, 3.63) is 17.1 Å². The van der Waals surface area contributed by atoms with Gasteiger partial charge < -0.3 is 5.73 Å². The minimum Gasteiger partial charge on any atom is -0.327 e. The van der Waals surface area contributed by atoms with Crippen LogP contribution in [0.25, 0.3) is 0 Å². The second-order valence-corrected chi connectivity index (χ2v) is 7.65. The zero-order valence-corrected chi connectivity index (χ0v) is 13.3. The van der Waals surface area contributed by atoms with E-state index in [1.807, 2.05) is 0 Å². The first-order valence-corrected chi connectivity index (χ1v) is 8.96. The molecular formula is C18H30N2O. The van der Waals surface area contributed by atoms with Crippen molar-refractivity contribution >= 4 is 0 Å². The van der Waals surface area contributed by atoms with E-state index < -0.39 is 0 Å². The minimum absolute atomic E-state index is 0.421. The van der Waals surface area contributed by atoms with E-state index in [0.717, 1.165) is 30.1 Å². The molecule has 0 radical (unpaired) electrons. The summed E-state index contributed by atoms with van der Waals surface area (Å²) < 4.78 is 0. The number of fused-ring (bicyclic) bond motifs is 1. The molecule has 0 heterocycles. The van der Waals surface area contributed by atoms with E-state index in [4.69, 9.17) is 5.73 Å². The fourth-order valence-corrected chi connectivity index (χ4v) is 5.21. The Labute approximate surface area is 128 Å². The van der Waals surface area contributed by atoms with Gasteiger partial charge >= 0.3 is 0 Å². The summed E-state index contributed by atoms with van der Waals surface area (Å²) in [5.74, 6) is 4.60. The molecule has 3 aliphatic carbocycles. The topological polar surface area (TPSA) is 55.4 Å². The fourth-order valence-electron chi connectivity index (χ4n) is 5.21. The van der Waals surface area contributed by atoms with Gasteiger partial charge in [-0.25, -0.2) is 0 Å². The normalized spacial score (nSPS) is 46.3. The zero-order valence-electron chi connectivity index (χ0n) is 13.3. The van der Waals surface area contributed by atoms with Gasteiger partial charge in [0.05, 0.1) is 6.54 Å². The molecule has 0 aliphatic heterocycles. The van der Waals surface area contributed by atoms with Crippen LogP contribution in [0.5, 0.6) is 0 Å². The van der Waals surface area contributed by atoms with E-state index in [0.29, 0.717) is 24.4 Å². The first-order chi connectivity index (χ1) is 10.2. The van der Waals surface area contributed by atoms with Crippen molar-refractivity contribution in [3.8, 4) is 0 Å². The Balaban J connectivity index is 1.52. The average molecular weight is 290 g/mol. The molecule has 3 saturated carbocycles. The van der Waals surface area contributed by atoms with Crippen LogP contribution in [-0.2, 0) is 0 Å². The van der Waals surface area contributed by atoms with Crippen LogP contribution in [0.4, 0.5) is 0 Å². The van der Waals surface area contributed by atoms with Crippen LogP contribution in [0.1, 0.15) is 51.9 Å². The Kier molecular flexibility index (Phi) is 4.78. The molecule has 3 heteroatoms. The molecule has 0 saturated heterocycles. The van der Waals surface area contributed by atoms with Crippen molar-refractivity contribution < 1.29 is 0 Å². The van der Waals surface area contributed by atoms with Crippen LogP contribution in [0, 0.1) is 40.4 Å². The van der Waals surface area contributed by atoms with Gasteiger partial charge in [-0.15, -0.1) is 0 Å². The van der Waals surface area contributed by atoms with Gasteiger partial charge in [-0.1, -0.05) is 24.3 Å². The first kappa shape index (κ1) is 15.2. The highest BCUT2D eigenvalue weighted by Gasteiger charge is 2.51. The number of hydrogen-bond donors (Lipinski definition) is 1. The molecule has 0 bridgehead atoms. The predicted octanol–water partition coefficient (Wildman–Crippen LogP) is 4.12. The highest BCUT2D eigenvalue weighted by molar-refractivity contribution is 5.14. The second kappa shape index (κ2) is 6.60. The van der Waals surface area contributed by atoms with Gasteiger partial charge in [-0.3, -0.25) is 0 Å². The molecule has 2 N–H and O–H groups in total. The first-order valence-electron chi connectivity index (χ1n) is 8.96. The summed E-state index contributed by atoms with van der Waals surface area (Å²) in [6.07, 6.45) is 13.7. The van der Waals surface area contributed by atoms with Crippen molar-refractivity contribution in [2.75, 3.05) is 6.54 Å². The van der Waals surface area contributed by atoms with Crippen molar-refractivity contribution in [1.82, 2.24) is 0 Å². The van der Waals surface area contributed by atoms with Crippen molar-refractivity contribution in [2.45, 2.75) is 57.9 Å². The van der Waals surface area contributed by atoms with Gasteiger partial charge in [0.25, 0.3) is 0 Å². The van der Waals surface area contributed by atoms with Crippen LogP contribution in [0.15, 0.2) is 17.3 Å². The molecule has 3 nitrogen and oxygen atoms in total. The van der Waals surface area contributed by atoms with E-state index in [9.17, 15) is 4.91 Å². The maximum atomic E-state index is 10.5. The molecule has 21 heavy (non-hydrogen) atoms. The smallest absolute Gasteiger partial charge is 0.0839 e. The largest absolute Gasteiger partial charge is 0.327 e. The Morgan fingerprint density at radius 2 is 1.81 bits per heavy atom. The van der Waals surface area contributed by atoms with Crippen molar-refractivity contribution in [3.63, 3.8) is 0 Å². The van der Waals surface area contributed by atoms with Crippen LogP contribution in [-0.4, -0.2) is 12.6 Å². The molecule has 3 rings (SSSR count). The molecule has 0 aromatic carbocycles. The summed E-state index contributed by atoms with van der Waals surface area (Å²) >= 11 is 0. The second-order valence-electron chi connectivity index (χ2n) is 7.65. The standard InChI is InChI=1S/C18H30N2O/c1-2-3-4-16-17(18(16)19)15-8-7-13-9-12(11-20-21)5-6-14(13)10-15/h3-4,12-18H,2,5-11,19H2,1H3/b4-3+/t12?,13?,14?,15?,16?,17-,18?/m0/s1. The van der Waals surface area contributed by atoms with E-state index >= 15 is 0 Å². The Hall–Kier alpha value is -0.700. The third-order valence-corrected chi connectivity index (χ3v) is 6.43. The van der Waals surface area contributed by atoms with Crippen LogP contribution < -0.4 is 5.73 Å². The Morgan fingerprint density at radius 3 is 2.57 bits per heavy atom. The highest BCUT2D eigenvalue weighted by Crippen LogP contribution is 2.53. The molecule has 0 aromatic rings. The average Bonchev–Trinajstić information content (AvgIpc) is 3.15. The summed E-state index contributed by atoms with van der Waals surface area (Å²) in [5, 5.41) is 3.12. The molecular weight excluding hydrogens is 260 g/mol. The lowest BCUT2D eigenvalue weighted by Gasteiger charge is -2.42. The van der Waals surface area contributed by atoms with Crippen LogP contribution >= 0.6 is 0 Å². The van der Waals surface area contributed by atoms with Crippen molar-refractivity contribution in [1.29, 1.82) is 0 Å². The number of nitroso groups, excluding NO2 is 1. The van der Waals surface area contributed by atoms with E-state index in [2.05, 4.69) is 24.3 Å². The van der Waals surface area contributed by atoms with Gasteiger partial charge in [0.15, 0.2) is 0 Å². The van der Waals surface area contributed by atoms with Crippen LogP contribution in [0.3, 0.4) is 0 Å². The third-order valence-electron chi connectivity index (χ3n) is 6.43. The predicted molar refractivity (Wildman–Crippen MR) is 86.7 cm³/mol. The third kappa shape index (κ3) is 3.23. The fraction of sp³-hybridized carbons (Fsp3) is 0.889. The van der Waals surface area contributed by atoms with Gasteiger partial charge in [0.1, 0.15) is 0 Å². The molecule has 0 spiro atoms. The number of hydrogen-bond acceptors (Lipinski definition) is 3. The summed E-state index contributed by atoms with van der Waals surface area (Å²) in [6, 6.07) is 0.421. The molecule has 7 atom stereocenters. The maximum absolute atomic E-state index is 10.5.